The van der Waals surface area contributed by atoms with Crippen molar-refractivity contribution < 1.29 is 0 Å². The standard InChI is InChI=1S/C18H17N/c19-18-12-16(14-7-3-1-4-8-14)11-17(13-18)15-9-5-2-6-10-15/h1-10,12-13,16H,11,19H2. The first-order valence-corrected chi connectivity index (χ1v) is 6.61. The minimum absolute atomic E-state index is 0.376. The maximum Gasteiger partial charge on any atom is 0.0282 e. The van der Waals surface area contributed by atoms with E-state index in [-0.39, 0.29) is 0 Å². The van der Waals surface area contributed by atoms with Gasteiger partial charge in [-0.15, -0.1) is 0 Å². The number of allylic oxidation sites excluding steroid dienone is 3. The molecule has 2 aromatic carbocycles. The Morgan fingerprint density at radius 1 is 0.842 bits per heavy atom. The van der Waals surface area contributed by atoms with Crippen molar-refractivity contribution in [2.24, 2.45) is 5.73 Å². The molecule has 0 aromatic heterocycles. The lowest BCUT2D eigenvalue weighted by molar-refractivity contribution is 0.855. The molecule has 1 unspecified atom stereocenters. The topological polar surface area (TPSA) is 26.0 Å². The van der Waals surface area contributed by atoms with Crippen LogP contribution in [-0.2, 0) is 0 Å². The van der Waals surface area contributed by atoms with Crippen molar-refractivity contribution in [3.63, 3.8) is 0 Å². The van der Waals surface area contributed by atoms with E-state index in [1.165, 1.54) is 16.7 Å². The van der Waals surface area contributed by atoms with Gasteiger partial charge >= 0.3 is 0 Å². The fourth-order valence-electron chi connectivity index (χ4n) is 2.60. The van der Waals surface area contributed by atoms with Crippen LogP contribution in [0.15, 0.2) is 78.5 Å². The highest BCUT2D eigenvalue weighted by molar-refractivity contribution is 5.70. The molecule has 0 fully saturated rings. The highest BCUT2D eigenvalue weighted by atomic mass is 14.6. The summed E-state index contributed by atoms with van der Waals surface area (Å²) in [6.07, 6.45) is 5.26. The first kappa shape index (κ1) is 11.8. The van der Waals surface area contributed by atoms with Crippen LogP contribution in [0.3, 0.4) is 0 Å². The maximum atomic E-state index is 6.07. The Hall–Kier alpha value is -2.28. The molecule has 0 saturated heterocycles. The molecule has 0 spiro atoms. The number of benzene rings is 2. The third-order valence-electron chi connectivity index (χ3n) is 3.55. The zero-order valence-electron chi connectivity index (χ0n) is 10.8. The van der Waals surface area contributed by atoms with E-state index in [9.17, 15) is 0 Å². The molecule has 3 rings (SSSR count). The van der Waals surface area contributed by atoms with Crippen molar-refractivity contribution in [1.29, 1.82) is 0 Å². The zero-order chi connectivity index (χ0) is 13.1. The molecule has 1 aliphatic carbocycles. The van der Waals surface area contributed by atoms with Crippen LogP contribution in [0, 0.1) is 0 Å². The van der Waals surface area contributed by atoms with Crippen molar-refractivity contribution in [3.8, 4) is 0 Å². The Labute approximate surface area is 114 Å². The zero-order valence-corrected chi connectivity index (χ0v) is 10.8. The van der Waals surface area contributed by atoms with E-state index in [0.29, 0.717) is 5.92 Å². The summed E-state index contributed by atoms with van der Waals surface area (Å²) in [6, 6.07) is 21.0. The number of nitrogens with two attached hydrogens (primary N) is 1. The molecular formula is C18H17N. The summed E-state index contributed by atoms with van der Waals surface area (Å²) in [6.45, 7) is 0. The Bertz CT molecular complexity index is 609. The maximum absolute atomic E-state index is 6.07. The summed E-state index contributed by atoms with van der Waals surface area (Å²) >= 11 is 0. The first-order chi connectivity index (χ1) is 9.33. The largest absolute Gasteiger partial charge is 0.399 e. The number of hydrogen-bond donors (Lipinski definition) is 1. The van der Waals surface area contributed by atoms with E-state index in [2.05, 4.69) is 60.7 Å². The van der Waals surface area contributed by atoms with E-state index in [0.717, 1.165) is 12.1 Å². The Balaban J connectivity index is 1.92. The lowest BCUT2D eigenvalue weighted by atomic mass is 9.84. The normalized spacial score (nSPS) is 18.6. The summed E-state index contributed by atoms with van der Waals surface area (Å²) in [5.41, 5.74) is 10.8. The first-order valence-electron chi connectivity index (χ1n) is 6.61. The Kier molecular flexibility index (Phi) is 3.20. The molecule has 2 N–H and O–H groups in total. The van der Waals surface area contributed by atoms with Crippen LogP contribution >= 0.6 is 0 Å². The summed E-state index contributed by atoms with van der Waals surface area (Å²) < 4.78 is 0. The molecule has 0 saturated carbocycles. The summed E-state index contributed by atoms with van der Waals surface area (Å²) in [5.74, 6) is 0.376. The molecule has 1 heteroatoms. The third-order valence-corrected chi connectivity index (χ3v) is 3.55. The second-order valence-electron chi connectivity index (χ2n) is 4.92. The van der Waals surface area contributed by atoms with Gasteiger partial charge in [-0.1, -0.05) is 66.7 Å². The molecular weight excluding hydrogens is 230 g/mol. The van der Waals surface area contributed by atoms with Gasteiger partial charge < -0.3 is 5.73 Å². The van der Waals surface area contributed by atoms with E-state index in [1.54, 1.807) is 0 Å². The van der Waals surface area contributed by atoms with Crippen molar-refractivity contribution in [2.45, 2.75) is 12.3 Å². The Morgan fingerprint density at radius 3 is 2.16 bits per heavy atom. The molecule has 94 valence electrons. The van der Waals surface area contributed by atoms with Gasteiger partial charge in [0.1, 0.15) is 0 Å². The van der Waals surface area contributed by atoms with Crippen molar-refractivity contribution >= 4 is 5.57 Å². The molecule has 2 aromatic rings. The van der Waals surface area contributed by atoms with Crippen molar-refractivity contribution in [3.05, 3.63) is 89.6 Å². The minimum atomic E-state index is 0.376. The monoisotopic (exact) mass is 247 g/mol. The van der Waals surface area contributed by atoms with Gasteiger partial charge in [-0.05, 0) is 29.2 Å². The van der Waals surface area contributed by atoms with Gasteiger partial charge in [-0.3, -0.25) is 0 Å². The SMILES string of the molecule is NC1=CC(c2ccccc2)CC(c2ccccc2)=C1. The highest BCUT2D eigenvalue weighted by Gasteiger charge is 2.16. The van der Waals surface area contributed by atoms with Crippen LogP contribution in [0.4, 0.5) is 0 Å². The van der Waals surface area contributed by atoms with Gasteiger partial charge in [0.15, 0.2) is 0 Å². The predicted molar refractivity (Wildman–Crippen MR) is 80.5 cm³/mol. The molecule has 0 amide bonds. The van der Waals surface area contributed by atoms with E-state index >= 15 is 0 Å². The van der Waals surface area contributed by atoms with Gasteiger partial charge in [0, 0.05) is 11.6 Å². The second-order valence-corrected chi connectivity index (χ2v) is 4.92. The summed E-state index contributed by atoms with van der Waals surface area (Å²) in [4.78, 5) is 0. The second kappa shape index (κ2) is 5.15. The molecule has 19 heavy (non-hydrogen) atoms. The van der Waals surface area contributed by atoms with Crippen LogP contribution in [0.1, 0.15) is 23.5 Å². The lowest BCUT2D eigenvalue weighted by Gasteiger charge is -2.21. The molecule has 1 nitrogen and oxygen atoms in total. The summed E-state index contributed by atoms with van der Waals surface area (Å²) in [7, 11) is 0. The molecule has 1 atom stereocenters. The molecule has 0 radical (unpaired) electrons. The number of hydrogen-bond acceptors (Lipinski definition) is 1. The van der Waals surface area contributed by atoms with E-state index < -0.39 is 0 Å². The quantitative estimate of drug-likeness (QED) is 0.849. The molecule has 0 aliphatic heterocycles. The minimum Gasteiger partial charge on any atom is -0.399 e. The number of rotatable bonds is 2. The van der Waals surface area contributed by atoms with Gasteiger partial charge in [-0.2, -0.15) is 0 Å². The Morgan fingerprint density at radius 2 is 1.47 bits per heavy atom. The van der Waals surface area contributed by atoms with E-state index in [4.69, 9.17) is 5.73 Å². The van der Waals surface area contributed by atoms with Crippen LogP contribution < -0.4 is 5.73 Å². The van der Waals surface area contributed by atoms with Crippen LogP contribution in [0.2, 0.25) is 0 Å². The molecule has 0 heterocycles. The molecule has 0 bridgehead atoms. The lowest BCUT2D eigenvalue weighted by Crippen LogP contribution is -2.07. The molecule has 1 aliphatic rings. The predicted octanol–water partition coefficient (Wildman–Crippen LogP) is 4.10. The summed E-state index contributed by atoms with van der Waals surface area (Å²) in [5, 5.41) is 0. The van der Waals surface area contributed by atoms with Gasteiger partial charge in [0.05, 0.1) is 0 Å². The average molecular weight is 247 g/mol. The smallest absolute Gasteiger partial charge is 0.0282 e. The van der Waals surface area contributed by atoms with E-state index in [1.807, 2.05) is 12.1 Å². The fraction of sp³-hybridized carbons (Fsp3) is 0.111. The van der Waals surface area contributed by atoms with Crippen molar-refractivity contribution in [2.75, 3.05) is 0 Å². The van der Waals surface area contributed by atoms with Crippen LogP contribution in [-0.4, -0.2) is 0 Å². The van der Waals surface area contributed by atoms with Gasteiger partial charge in [0.25, 0.3) is 0 Å². The van der Waals surface area contributed by atoms with Crippen molar-refractivity contribution in [1.82, 2.24) is 0 Å². The fourth-order valence-corrected chi connectivity index (χ4v) is 2.60. The highest BCUT2D eigenvalue weighted by Crippen LogP contribution is 2.34. The van der Waals surface area contributed by atoms with Crippen LogP contribution in [0.25, 0.3) is 5.57 Å². The van der Waals surface area contributed by atoms with Crippen LogP contribution in [0.5, 0.6) is 0 Å². The van der Waals surface area contributed by atoms with Gasteiger partial charge in [-0.25, -0.2) is 0 Å². The average Bonchev–Trinajstić information content (AvgIpc) is 2.48. The van der Waals surface area contributed by atoms with Gasteiger partial charge in [0.2, 0.25) is 0 Å². The third kappa shape index (κ3) is 2.60.